The highest BCUT2D eigenvalue weighted by molar-refractivity contribution is 8.24. The quantitative estimate of drug-likeness (QED) is 0.547. The fraction of sp³-hybridized carbons (Fsp3) is 0.211. The smallest absolute Gasteiger partial charge is 0.254 e. The number of amides is 1. The first-order valence-corrected chi connectivity index (χ1v) is 8.73. The average molecular weight is 373 g/mol. The topological polar surface area (TPSA) is 99.5 Å². The number of benzene rings is 2. The highest BCUT2D eigenvalue weighted by Crippen LogP contribution is 2.42. The Bertz CT molecular complexity index is 838. The number of halogens is 1. The Balaban J connectivity index is 2.56. The number of thioether (sulfide) groups is 1. The van der Waals surface area contributed by atoms with E-state index in [4.69, 9.17) is 11.1 Å². The number of phenolic OH excluding ortho intramolecular Hbond substituents is 1. The summed E-state index contributed by atoms with van der Waals surface area (Å²) in [5.74, 6) is -2.19. The van der Waals surface area contributed by atoms with Crippen molar-refractivity contribution in [2.45, 2.75) is 19.8 Å². The summed E-state index contributed by atoms with van der Waals surface area (Å²) in [5, 5.41) is 16.5. The molecule has 0 aliphatic carbocycles. The molecule has 0 aliphatic rings. The van der Waals surface area contributed by atoms with Crippen molar-refractivity contribution in [2.75, 3.05) is 0 Å². The maximum Gasteiger partial charge on any atom is 0.254 e. The lowest BCUT2D eigenvalue weighted by Crippen LogP contribution is -2.32. The molecule has 0 radical (unpaired) electrons. The molecule has 4 N–H and O–H groups in total. The van der Waals surface area contributed by atoms with E-state index in [0.29, 0.717) is 5.56 Å². The Hall–Kier alpha value is -2.67. The first kappa shape index (κ1) is 19.7. The molecule has 5 nitrogen and oxygen atoms in total. The van der Waals surface area contributed by atoms with Gasteiger partial charge in [-0.1, -0.05) is 50.2 Å². The van der Waals surface area contributed by atoms with Crippen molar-refractivity contribution in [3.05, 3.63) is 65.5 Å². The molecule has 2 aromatic carbocycles. The second-order valence-electron chi connectivity index (χ2n) is 6.27. The van der Waals surface area contributed by atoms with Gasteiger partial charge in [0.05, 0.1) is 11.0 Å². The Kier molecular flexibility index (Phi) is 6.15. The number of amidine groups is 1. The molecule has 0 saturated carbocycles. The predicted octanol–water partition coefficient (Wildman–Crippen LogP) is 3.87. The summed E-state index contributed by atoms with van der Waals surface area (Å²) in [4.78, 5) is 16.7. The molecule has 0 spiro atoms. The molecule has 0 heterocycles. The third-order valence-corrected chi connectivity index (χ3v) is 4.55. The second-order valence-corrected chi connectivity index (χ2v) is 7.16. The van der Waals surface area contributed by atoms with Crippen molar-refractivity contribution in [3.63, 3.8) is 0 Å². The van der Waals surface area contributed by atoms with Gasteiger partial charge in [0.1, 0.15) is 0 Å². The number of carbonyl (C=O) groups excluding carboxylic acids is 1. The molecule has 1 amide bonds. The minimum absolute atomic E-state index is 0.0261. The summed E-state index contributed by atoms with van der Waals surface area (Å²) < 4.78 is 13.9. The van der Waals surface area contributed by atoms with Gasteiger partial charge >= 0.3 is 0 Å². The zero-order chi connectivity index (χ0) is 19.3. The number of hydrogen-bond donors (Lipinski definition) is 3. The number of aromatic hydroxyl groups is 1. The van der Waals surface area contributed by atoms with E-state index < -0.39 is 28.8 Å². The van der Waals surface area contributed by atoms with Gasteiger partial charge in [0.25, 0.3) is 5.91 Å². The first-order chi connectivity index (χ1) is 12.3. The number of nitrogens with one attached hydrogen (secondary N) is 1. The molecule has 136 valence electrons. The van der Waals surface area contributed by atoms with Crippen LogP contribution < -0.4 is 5.73 Å². The lowest BCUT2D eigenvalue weighted by Gasteiger charge is -2.32. The lowest BCUT2D eigenvalue weighted by molar-refractivity contribution is -0.126. The van der Waals surface area contributed by atoms with Crippen LogP contribution in [-0.2, 0) is 4.79 Å². The monoisotopic (exact) mass is 373 g/mol. The van der Waals surface area contributed by atoms with E-state index in [9.17, 15) is 14.3 Å². The molecule has 0 aliphatic heterocycles. The standard InChI is InChI=1S/C19H20FN3O2S/c1-19(2,17(25)23-18(22)26-11-21)16(12-6-4-3-5-7-12)13-8-9-15(24)14(20)10-13/h3-11,16,21,24H,1-2H3,(H2,22,23,25). The highest BCUT2D eigenvalue weighted by Gasteiger charge is 2.39. The number of rotatable bonds is 5. The molecule has 0 fully saturated rings. The molecule has 0 saturated heterocycles. The molecule has 1 unspecified atom stereocenters. The van der Waals surface area contributed by atoms with Crippen LogP contribution >= 0.6 is 11.8 Å². The van der Waals surface area contributed by atoms with Crippen LogP contribution in [-0.4, -0.2) is 21.7 Å². The molecule has 26 heavy (non-hydrogen) atoms. The van der Waals surface area contributed by atoms with Crippen LogP contribution in [0.2, 0.25) is 0 Å². The Morgan fingerprint density at radius 3 is 2.50 bits per heavy atom. The Morgan fingerprint density at radius 1 is 1.27 bits per heavy atom. The van der Waals surface area contributed by atoms with E-state index in [1.807, 2.05) is 30.3 Å². The summed E-state index contributed by atoms with van der Waals surface area (Å²) in [6.45, 7) is 3.42. The highest BCUT2D eigenvalue weighted by atomic mass is 32.2. The van der Waals surface area contributed by atoms with Crippen LogP contribution in [0.1, 0.15) is 30.9 Å². The fourth-order valence-electron chi connectivity index (χ4n) is 2.83. The minimum atomic E-state index is -1.04. The van der Waals surface area contributed by atoms with E-state index in [2.05, 4.69) is 4.99 Å². The van der Waals surface area contributed by atoms with Gasteiger partial charge in [-0.2, -0.15) is 4.99 Å². The van der Waals surface area contributed by atoms with Crippen molar-refractivity contribution in [1.29, 1.82) is 5.41 Å². The third kappa shape index (κ3) is 4.29. The summed E-state index contributed by atoms with van der Waals surface area (Å²) in [6.07, 6.45) is 0. The van der Waals surface area contributed by atoms with Crippen LogP contribution in [0.15, 0.2) is 53.5 Å². The summed E-state index contributed by atoms with van der Waals surface area (Å²) >= 11 is 0.839. The largest absolute Gasteiger partial charge is 0.505 e. The van der Waals surface area contributed by atoms with Gasteiger partial charge in [-0.3, -0.25) is 4.79 Å². The molecule has 7 heteroatoms. The number of aliphatic imine (C=N–C) groups is 1. The van der Waals surface area contributed by atoms with Gasteiger partial charge in [-0.05, 0) is 35.0 Å². The van der Waals surface area contributed by atoms with Crippen molar-refractivity contribution < 1.29 is 14.3 Å². The summed E-state index contributed by atoms with van der Waals surface area (Å²) in [6, 6.07) is 13.3. The van der Waals surface area contributed by atoms with Gasteiger partial charge in [0, 0.05) is 5.92 Å². The van der Waals surface area contributed by atoms with Crippen LogP contribution in [0, 0.1) is 16.6 Å². The zero-order valence-corrected chi connectivity index (χ0v) is 15.3. The summed E-state index contributed by atoms with van der Waals surface area (Å²) in [7, 11) is 0. The lowest BCUT2D eigenvalue weighted by atomic mass is 9.70. The fourth-order valence-corrected chi connectivity index (χ4v) is 3.08. The maximum absolute atomic E-state index is 13.9. The van der Waals surface area contributed by atoms with Crippen molar-refractivity contribution in [3.8, 4) is 5.75 Å². The van der Waals surface area contributed by atoms with E-state index in [1.54, 1.807) is 19.9 Å². The predicted molar refractivity (Wildman–Crippen MR) is 103 cm³/mol. The second kappa shape index (κ2) is 8.14. The third-order valence-electron chi connectivity index (χ3n) is 4.10. The van der Waals surface area contributed by atoms with E-state index >= 15 is 0 Å². The normalized spacial score (nSPS) is 13.3. The van der Waals surface area contributed by atoms with Crippen LogP contribution in [0.5, 0.6) is 5.75 Å². The minimum Gasteiger partial charge on any atom is -0.505 e. The van der Waals surface area contributed by atoms with Gasteiger partial charge in [-0.15, -0.1) is 0 Å². The molecular formula is C19H20FN3O2S. The molecule has 1 atom stereocenters. The Morgan fingerprint density at radius 2 is 1.92 bits per heavy atom. The average Bonchev–Trinajstić information content (AvgIpc) is 2.59. The number of phenols is 1. The van der Waals surface area contributed by atoms with E-state index in [1.165, 1.54) is 12.1 Å². The number of hydrogen-bond acceptors (Lipinski definition) is 4. The van der Waals surface area contributed by atoms with E-state index in [0.717, 1.165) is 22.9 Å². The van der Waals surface area contributed by atoms with Crippen LogP contribution in [0.3, 0.4) is 0 Å². The van der Waals surface area contributed by atoms with Crippen LogP contribution in [0.4, 0.5) is 4.39 Å². The molecular weight excluding hydrogens is 353 g/mol. The molecule has 0 aromatic heterocycles. The van der Waals surface area contributed by atoms with E-state index in [-0.39, 0.29) is 5.17 Å². The molecule has 2 rings (SSSR count). The first-order valence-electron chi connectivity index (χ1n) is 7.85. The van der Waals surface area contributed by atoms with Crippen molar-refractivity contribution in [1.82, 2.24) is 0 Å². The van der Waals surface area contributed by atoms with Gasteiger partial charge < -0.3 is 16.2 Å². The van der Waals surface area contributed by atoms with Gasteiger partial charge in [-0.25, -0.2) is 4.39 Å². The number of carbonyl (C=O) groups is 1. The van der Waals surface area contributed by atoms with Gasteiger partial charge in [0.15, 0.2) is 16.7 Å². The van der Waals surface area contributed by atoms with Crippen molar-refractivity contribution >= 4 is 28.4 Å². The number of nitrogens with zero attached hydrogens (tertiary/aromatic N) is 1. The van der Waals surface area contributed by atoms with Gasteiger partial charge in [0.2, 0.25) is 0 Å². The molecule has 2 aromatic rings. The molecule has 0 bridgehead atoms. The Labute approximate surface area is 155 Å². The summed E-state index contributed by atoms with van der Waals surface area (Å²) in [5.41, 5.74) is 6.95. The van der Waals surface area contributed by atoms with Crippen LogP contribution in [0.25, 0.3) is 0 Å². The zero-order valence-electron chi connectivity index (χ0n) is 14.4. The maximum atomic E-state index is 13.9. The number of nitrogens with two attached hydrogens (primary N) is 1. The van der Waals surface area contributed by atoms with Crippen molar-refractivity contribution in [2.24, 2.45) is 16.1 Å². The SMILES string of the molecule is CC(C)(C(=O)N=C(N)SC=N)C(c1ccccc1)c1ccc(O)c(F)c1.